The van der Waals surface area contributed by atoms with E-state index in [1.54, 1.807) is 25.2 Å². The van der Waals surface area contributed by atoms with E-state index in [4.69, 9.17) is 15.2 Å². The fourth-order valence-corrected chi connectivity index (χ4v) is 2.55. The molecule has 0 spiro atoms. The van der Waals surface area contributed by atoms with Crippen LogP contribution in [0.1, 0.15) is 13.3 Å². The van der Waals surface area contributed by atoms with Crippen LogP contribution in [0, 0.1) is 5.92 Å². The zero-order valence-electron chi connectivity index (χ0n) is 11.6. The van der Waals surface area contributed by atoms with Crippen LogP contribution in [0.4, 0.5) is 5.69 Å². The van der Waals surface area contributed by atoms with Crippen LogP contribution in [-0.4, -0.2) is 32.7 Å². The first-order valence-electron chi connectivity index (χ1n) is 6.36. The highest BCUT2D eigenvalue weighted by atomic mass is 16.5. The van der Waals surface area contributed by atoms with Crippen LogP contribution in [0.5, 0.6) is 11.5 Å². The van der Waals surface area contributed by atoms with Gasteiger partial charge in [0.2, 0.25) is 5.91 Å². The van der Waals surface area contributed by atoms with E-state index in [0.717, 1.165) is 5.69 Å². The molecule has 1 amide bonds. The monoisotopic (exact) mass is 264 g/mol. The number of benzene rings is 1. The smallest absolute Gasteiger partial charge is 0.227 e. The van der Waals surface area contributed by atoms with Crippen LogP contribution >= 0.6 is 0 Å². The Hall–Kier alpha value is -1.75. The molecule has 1 saturated heterocycles. The minimum absolute atomic E-state index is 0.0831. The van der Waals surface area contributed by atoms with Crippen molar-refractivity contribution in [1.82, 2.24) is 0 Å². The summed E-state index contributed by atoms with van der Waals surface area (Å²) < 4.78 is 10.5. The minimum atomic E-state index is 0.0831. The van der Waals surface area contributed by atoms with Gasteiger partial charge in [0.15, 0.2) is 0 Å². The van der Waals surface area contributed by atoms with Crippen molar-refractivity contribution in [2.24, 2.45) is 11.7 Å². The van der Waals surface area contributed by atoms with Gasteiger partial charge in [-0.3, -0.25) is 4.79 Å². The summed E-state index contributed by atoms with van der Waals surface area (Å²) >= 11 is 0. The van der Waals surface area contributed by atoms with Crippen molar-refractivity contribution in [2.75, 3.05) is 25.7 Å². The average molecular weight is 264 g/mol. The number of anilines is 1. The lowest BCUT2D eigenvalue weighted by Gasteiger charge is -2.26. The van der Waals surface area contributed by atoms with Gasteiger partial charge in [0.1, 0.15) is 11.5 Å². The van der Waals surface area contributed by atoms with Crippen molar-refractivity contribution in [3.05, 3.63) is 18.2 Å². The summed E-state index contributed by atoms with van der Waals surface area (Å²) in [5.74, 6) is 1.62. The Morgan fingerprint density at radius 3 is 2.63 bits per heavy atom. The van der Waals surface area contributed by atoms with Gasteiger partial charge < -0.3 is 20.1 Å². The summed E-state index contributed by atoms with van der Waals surface area (Å²) in [5.41, 5.74) is 6.49. The molecule has 2 atom stereocenters. The summed E-state index contributed by atoms with van der Waals surface area (Å²) in [5, 5.41) is 0. The van der Waals surface area contributed by atoms with Gasteiger partial charge in [0.05, 0.1) is 19.9 Å². The first-order valence-corrected chi connectivity index (χ1v) is 6.36. The first kappa shape index (κ1) is 13.7. The molecule has 1 aromatic carbocycles. The fourth-order valence-electron chi connectivity index (χ4n) is 2.55. The molecule has 1 aromatic rings. The second-order valence-electron chi connectivity index (χ2n) is 4.74. The predicted molar refractivity (Wildman–Crippen MR) is 73.7 cm³/mol. The molecule has 5 heteroatoms. The molecule has 0 radical (unpaired) electrons. The van der Waals surface area contributed by atoms with E-state index < -0.39 is 0 Å². The van der Waals surface area contributed by atoms with E-state index in [2.05, 4.69) is 0 Å². The Morgan fingerprint density at radius 2 is 2.11 bits per heavy atom. The van der Waals surface area contributed by atoms with Gasteiger partial charge in [-0.1, -0.05) is 0 Å². The highest BCUT2D eigenvalue weighted by molar-refractivity contribution is 5.98. The number of nitrogens with two attached hydrogens (primary N) is 1. The molecule has 1 heterocycles. The maximum absolute atomic E-state index is 12.2. The second kappa shape index (κ2) is 5.48. The Morgan fingerprint density at radius 1 is 1.37 bits per heavy atom. The number of carbonyl (C=O) groups excluding carboxylic acids is 1. The second-order valence-corrected chi connectivity index (χ2v) is 4.74. The normalized spacial score (nSPS) is 22.7. The lowest BCUT2D eigenvalue weighted by molar-refractivity contribution is -0.117. The molecule has 0 aliphatic carbocycles. The van der Waals surface area contributed by atoms with Crippen molar-refractivity contribution in [1.29, 1.82) is 0 Å². The molecule has 2 rings (SSSR count). The van der Waals surface area contributed by atoms with E-state index in [1.165, 1.54) is 0 Å². The standard InChI is InChI=1S/C14H20N2O3/c1-9-10(8-15)6-14(17)16(9)12-5-4-11(18-2)7-13(12)19-3/h4-5,7,9-10H,6,8,15H2,1-3H3. The number of hydrogen-bond donors (Lipinski definition) is 1. The predicted octanol–water partition coefficient (Wildman–Crippen LogP) is 1.40. The molecular weight excluding hydrogens is 244 g/mol. The van der Waals surface area contributed by atoms with E-state index >= 15 is 0 Å². The maximum Gasteiger partial charge on any atom is 0.227 e. The zero-order chi connectivity index (χ0) is 14.0. The third-order valence-electron chi connectivity index (χ3n) is 3.74. The summed E-state index contributed by atoms with van der Waals surface area (Å²) in [6.07, 6.45) is 0.493. The molecular formula is C14H20N2O3. The van der Waals surface area contributed by atoms with Gasteiger partial charge in [0.25, 0.3) is 0 Å². The first-order chi connectivity index (χ1) is 9.12. The van der Waals surface area contributed by atoms with Crippen molar-refractivity contribution < 1.29 is 14.3 Å². The number of rotatable bonds is 4. The summed E-state index contributed by atoms with van der Waals surface area (Å²) in [6, 6.07) is 5.55. The van der Waals surface area contributed by atoms with E-state index in [1.807, 2.05) is 19.1 Å². The number of amides is 1. The van der Waals surface area contributed by atoms with Gasteiger partial charge in [-0.15, -0.1) is 0 Å². The molecule has 2 N–H and O–H groups in total. The SMILES string of the molecule is COc1ccc(N2C(=O)CC(CN)C2C)c(OC)c1. The van der Waals surface area contributed by atoms with Gasteiger partial charge in [0, 0.05) is 24.4 Å². The third kappa shape index (κ3) is 2.38. The van der Waals surface area contributed by atoms with E-state index in [0.29, 0.717) is 24.5 Å². The zero-order valence-corrected chi connectivity index (χ0v) is 11.6. The number of nitrogens with zero attached hydrogens (tertiary/aromatic N) is 1. The Balaban J connectivity index is 2.38. The molecule has 104 valence electrons. The average Bonchev–Trinajstić information content (AvgIpc) is 2.72. The van der Waals surface area contributed by atoms with E-state index in [9.17, 15) is 4.79 Å². The number of methoxy groups -OCH3 is 2. The maximum atomic E-state index is 12.2. The van der Waals surface area contributed by atoms with Crippen LogP contribution in [0.15, 0.2) is 18.2 Å². The Kier molecular flexibility index (Phi) is 3.95. The summed E-state index contributed by atoms with van der Waals surface area (Å²) in [6.45, 7) is 2.54. The summed E-state index contributed by atoms with van der Waals surface area (Å²) in [4.78, 5) is 13.9. The van der Waals surface area contributed by atoms with Crippen LogP contribution < -0.4 is 20.1 Å². The molecule has 2 unspecified atom stereocenters. The number of hydrogen-bond acceptors (Lipinski definition) is 4. The van der Waals surface area contributed by atoms with Crippen molar-refractivity contribution >= 4 is 11.6 Å². The molecule has 1 fully saturated rings. The van der Waals surface area contributed by atoms with Gasteiger partial charge in [-0.2, -0.15) is 0 Å². The lowest BCUT2D eigenvalue weighted by Crippen LogP contribution is -2.34. The topological polar surface area (TPSA) is 64.8 Å². The van der Waals surface area contributed by atoms with Gasteiger partial charge in [-0.05, 0) is 25.6 Å². The highest BCUT2D eigenvalue weighted by Crippen LogP contribution is 2.38. The molecule has 0 saturated carbocycles. The fraction of sp³-hybridized carbons (Fsp3) is 0.500. The third-order valence-corrected chi connectivity index (χ3v) is 3.74. The highest BCUT2D eigenvalue weighted by Gasteiger charge is 2.38. The lowest BCUT2D eigenvalue weighted by atomic mass is 10.0. The molecule has 19 heavy (non-hydrogen) atoms. The van der Waals surface area contributed by atoms with Crippen LogP contribution in [0.2, 0.25) is 0 Å². The molecule has 1 aliphatic heterocycles. The molecule has 1 aliphatic rings. The molecule has 5 nitrogen and oxygen atoms in total. The minimum Gasteiger partial charge on any atom is -0.497 e. The van der Waals surface area contributed by atoms with Crippen molar-refractivity contribution in [2.45, 2.75) is 19.4 Å². The Labute approximate surface area is 113 Å². The molecule has 0 bridgehead atoms. The quantitative estimate of drug-likeness (QED) is 0.893. The van der Waals surface area contributed by atoms with Gasteiger partial charge >= 0.3 is 0 Å². The van der Waals surface area contributed by atoms with Crippen LogP contribution in [-0.2, 0) is 4.79 Å². The Bertz CT molecular complexity index is 476. The summed E-state index contributed by atoms with van der Waals surface area (Å²) in [7, 11) is 3.19. The van der Waals surface area contributed by atoms with Crippen LogP contribution in [0.3, 0.4) is 0 Å². The van der Waals surface area contributed by atoms with Crippen molar-refractivity contribution in [3.63, 3.8) is 0 Å². The molecule has 0 aromatic heterocycles. The van der Waals surface area contributed by atoms with E-state index in [-0.39, 0.29) is 17.9 Å². The van der Waals surface area contributed by atoms with Crippen molar-refractivity contribution in [3.8, 4) is 11.5 Å². The van der Waals surface area contributed by atoms with Gasteiger partial charge in [-0.25, -0.2) is 0 Å². The largest absolute Gasteiger partial charge is 0.497 e. The number of ether oxygens (including phenoxy) is 2. The van der Waals surface area contributed by atoms with Crippen LogP contribution in [0.25, 0.3) is 0 Å². The number of carbonyl (C=O) groups is 1.